The lowest BCUT2D eigenvalue weighted by molar-refractivity contribution is 0.0522. The Hall–Kier alpha value is -3.22. The van der Waals surface area contributed by atoms with Crippen LogP contribution in [0, 0.1) is 0 Å². The fourth-order valence-electron chi connectivity index (χ4n) is 4.24. The minimum atomic E-state index is -0.540. The molecule has 1 N–H and O–H groups in total. The molecule has 0 bridgehead atoms. The van der Waals surface area contributed by atoms with Gasteiger partial charge in [0.25, 0.3) is 5.91 Å². The summed E-state index contributed by atoms with van der Waals surface area (Å²) >= 11 is 0. The van der Waals surface area contributed by atoms with E-state index in [0.29, 0.717) is 18.7 Å². The molecule has 2 aromatic rings. The zero-order chi connectivity index (χ0) is 23.4. The Morgan fingerprint density at radius 3 is 2.36 bits per heavy atom. The number of hydrogen-bond acceptors (Lipinski definition) is 5. The third-order valence-corrected chi connectivity index (χ3v) is 5.85. The molecule has 1 aliphatic carbocycles. The Morgan fingerprint density at radius 1 is 1.00 bits per heavy atom. The quantitative estimate of drug-likeness (QED) is 0.666. The molecule has 1 saturated carbocycles. The van der Waals surface area contributed by atoms with Crippen LogP contribution in [0.3, 0.4) is 0 Å². The Kier molecular flexibility index (Phi) is 6.77. The van der Waals surface area contributed by atoms with Crippen LogP contribution < -0.4 is 14.8 Å². The highest BCUT2D eigenvalue weighted by atomic mass is 16.7. The standard InChI is InChI=1S/C26H32N2O5/c1-26(2,3)33-25(30)27-15-18-8-11-20(12-9-18)24(29)28(21-6-4-5-7-21)16-19-10-13-22-23(14-19)32-17-31-22/h8-14,21H,4-7,15-17H2,1-3H3,(H,27,30). The van der Waals surface area contributed by atoms with E-state index in [1.54, 1.807) is 0 Å². The number of carbonyl (C=O) groups excluding carboxylic acids is 2. The summed E-state index contributed by atoms with van der Waals surface area (Å²) in [5.41, 5.74) is 2.03. The van der Waals surface area contributed by atoms with E-state index in [1.807, 2.05) is 68.1 Å². The Bertz CT molecular complexity index is 991. The van der Waals surface area contributed by atoms with Crippen LogP contribution in [-0.4, -0.2) is 35.3 Å². The van der Waals surface area contributed by atoms with Crippen molar-refractivity contribution in [3.8, 4) is 11.5 Å². The van der Waals surface area contributed by atoms with Gasteiger partial charge in [-0.1, -0.05) is 31.0 Å². The monoisotopic (exact) mass is 452 g/mol. The molecule has 0 saturated heterocycles. The summed E-state index contributed by atoms with van der Waals surface area (Å²) in [5.74, 6) is 1.49. The fourth-order valence-corrected chi connectivity index (χ4v) is 4.24. The normalized spacial score (nSPS) is 15.4. The summed E-state index contributed by atoms with van der Waals surface area (Å²) in [6.45, 7) is 6.58. The first kappa shape index (κ1) is 23.0. The highest BCUT2D eigenvalue weighted by molar-refractivity contribution is 5.94. The van der Waals surface area contributed by atoms with Gasteiger partial charge in [-0.25, -0.2) is 4.79 Å². The molecular formula is C26H32N2O5. The van der Waals surface area contributed by atoms with E-state index in [4.69, 9.17) is 14.2 Å². The van der Waals surface area contributed by atoms with E-state index in [9.17, 15) is 9.59 Å². The fraction of sp³-hybridized carbons (Fsp3) is 0.462. The van der Waals surface area contributed by atoms with Crippen molar-refractivity contribution in [3.63, 3.8) is 0 Å². The largest absolute Gasteiger partial charge is 0.454 e. The third kappa shape index (κ3) is 5.97. The van der Waals surface area contributed by atoms with Crippen LogP contribution >= 0.6 is 0 Å². The number of alkyl carbamates (subject to hydrolysis) is 1. The molecule has 1 heterocycles. The molecule has 2 aliphatic rings. The van der Waals surface area contributed by atoms with Gasteiger partial charge in [0.05, 0.1) is 0 Å². The van der Waals surface area contributed by atoms with Crippen LogP contribution in [0.25, 0.3) is 0 Å². The highest BCUT2D eigenvalue weighted by Gasteiger charge is 2.28. The summed E-state index contributed by atoms with van der Waals surface area (Å²) in [7, 11) is 0. The van der Waals surface area contributed by atoms with Gasteiger partial charge in [0.1, 0.15) is 5.60 Å². The number of carbonyl (C=O) groups is 2. The van der Waals surface area contributed by atoms with Gasteiger partial charge >= 0.3 is 6.09 Å². The Balaban J connectivity index is 1.43. The second-order valence-electron chi connectivity index (χ2n) is 9.61. The number of amides is 2. The molecule has 2 aromatic carbocycles. The second-order valence-corrected chi connectivity index (χ2v) is 9.61. The van der Waals surface area contributed by atoms with Crippen LogP contribution in [0.1, 0.15) is 67.9 Å². The lowest BCUT2D eigenvalue weighted by Crippen LogP contribution is -2.38. The molecule has 33 heavy (non-hydrogen) atoms. The molecular weight excluding hydrogens is 420 g/mol. The van der Waals surface area contributed by atoms with Crippen molar-refractivity contribution < 1.29 is 23.8 Å². The van der Waals surface area contributed by atoms with E-state index in [0.717, 1.165) is 48.3 Å². The van der Waals surface area contributed by atoms with Gasteiger partial charge in [0.15, 0.2) is 11.5 Å². The van der Waals surface area contributed by atoms with E-state index in [2.05, 4.69) is 5.32 Å². The van der Waals surface area contributed by atoms with E-state index in [1.165, 1.54) is 0 Å². The first-order chi connectivity index (χ1) is 15.8. The molecule has 1 aliphatic heterocycles. The van der Waals surface area contributed by atoms with Crippen LogP contribution in [-0.2, 0) is 17.8 Å². The van der Waals surface area contributed by atoms with Crippen LogP contribution in [0.15, 0.2) is 42.5 Å². The molecule has 1 fully saturated rings. The van der Waals surface area contributed by atoms with Gasteiger partial charge in [-0.2, -0.15) is 0 Å². The summed E-state index contributed by atoms with van der Waals surface area (Å²) in [6.07, 6.45) is 3.87. The minimum Gasteiger partial charge on any atom is -0.454 e. The zero-order valence-corrected chi connectivity index (χ0v) is 19.6. The van der Waals surface area contributed by atoms with Crippen molar-refractivity contribution in [2.45, 2.75) is 71.2 Å². The molecule has 0 spiro atoms. The van der Waals surface area contributed by atoms with Crippen molar-refractivity contribution in [3.05, 3.63) is 59.2 Å². The average Bonchev–Trinajstić information content (AvgIpc) is 3.46. The van der Waals surface area contributed by atoms with Gasteiger partial charge in [-0.3, -0.25) is 4.79 Å². The second kappa shape index (κ2) is 9.73. The summed E-state index contributed by atoms with van der Waals surface area (Å²) < 4.78 is 16.2. The summed E-state index contributed by atoms with van der Waals surface area (Å²) in [5, 5.41) is 2.75. The Morgan fingerprint density at radius 2 is 1.67 bits per heavy atom. The van der Waals surface area contributed by atoms with Gasteiger partial charge in [-0.15, -0.1) is 0 Å². The molecule has 0 atom stereocenters. The third-order valence-electron chi connectivity index (χ3n) is 5.85. The summed E-state index contributed by atoms with van der Waals surface area (Å²) in [4.78, 5) is 27.3. The lowest BCUT2D eigenvalue weighted by Gasteiger charge is -2.29. The lowest BCUT2D eigenvalue weighted by atomic mass is 10.1. The van der Waals surface area contributed by atoms with Crippen molar-refractivity contribution in [1.29, 1.82) is 0 Å². The topological polar surface area (TPSA) is 77.1 Å². The number of benzene rings is 2. The number of fused-ring (bicyclic) bond motifs is 1. The van der Waals surface area contributed by atoms with Crippen LogP contribution in [0.2, 0.25) is 0 Å². The van der Waals surface area contributed by atoms with Crippen molar-refractivity contribution in [2.75, 3.05) is 6.79 Å². The van der Waals surface area contributed by atoms with E-state index < -0.39 is 11.7 Å². The smallest absolute Gasteiger partial charge is 0.407 e. The van der Waals surface area contributed by atoms with Crippen molar-refractivity contribution in [1.82, 2.24) is 10.2 Å². The van der Waals surface area contributed by atoms with E-state index >= 15 is 0 Å². The maximum absolute atomic E-state index is 13.5. The van der Waals surface area contributed by atoms with Gasteiger partial charge < -0.3 is 24.4 Å². The Labute approximate surface area is 195 Å². The van der Waals surface area contributed by atoms with Gasteiger partial charge in [0.2, 0.25) is 6.79 Å². The maximum Gasteiger partial charge on any atom is 0.407 e. The van der Waals surface area contributed by atoms with Gasteiger partial charge in [0, 0.05) is 24.7 Å². The number of nitrogens with one attached hydrogen (secondary N) is 1. The highest BCUT2D eigenvalue weighted by Crippen LogP contribution is 2.34. The molecule has 4 rings (SSSR count). The molecule has 7 heteroatoms. The first-order valence-corrected chi connectivity index (χ1v) is 11.5. The molecule has 2 amide bonds. The number of nitrogens with zero attached hydrogens (tertiary/aromatic N) is 1. The predicted octanol–water partition coefficient (Wildman–Crippen LogP) is 5.03. The first-order valence-electron chi connectivity index (χ1n) is 11.5. The molecule has 0 aromatic heterocycles. The number of rotatable bonds is 6. The molecule has 0 radical (unpaired) electrons. The molecule has 7 nitrogen and oxygen atoms in total. The number of hydrogen-bond donors (Lipinski definition) is 1. The minimum absolute atomic E-state index is 0.0196. The molecule has 176 valence electrons. The van der Waals surface area contributed by atoms with Crippen molar-refractivity contribution >= 4 is 12.0 Å². The SMILES string of the molecule is CC(C)(C)OC(=O)NCc1ccc(C(=O)N(Cc2ccc3c(c2)OCO3)C2CCCC2)cc1. The van der Waals surface area contributed by atoms with Crippen LogP contribution in [0.4, 0.5) is 4.79 Å². The predicted molar refractivity (Wildman–Crippen MR) is 124 cm³/mol. The van der Waals surface area contributed by atoms with E-state index in [-0.39, 0.29) is 18.7 Å². The average molecular weight is 453 g/mol. The number of ether oxygens (including phenoxy) is 3. The van der Waals surface area contributed by atoms with Gasteiger partial charge in [-0.05, 0) is 69.0 Å². The van der Waals surface area contributed by atoms with Crippen molar-refractivity contribution in [2.24, 2.45) is 0 Å². The summed E-state index contributed by atoms with van der Waals surface area (Å²) in [6, 6.07) is 13.5. The molecule has 0 unspecified atom stereocenters. The maximum atomic E-state index is 13.5. The van der Waals surface area contributed by atoms with Crippen LogP contribution in [0.5, 0.6) is 11.5 Å². The zero-order valence-electron chi connectivity index (χ0n) is 19.6.